The molecule has 1 fully saturated rings. The van der Waals surface area contributed by atoms with E-state index in [0.29, 0.717) is 0 Å². The average Bonchev–Trinajstić information content (AvgIpc) is 2.69. The fourth-order valence-electron chi connectivity index (χ4n) is 1.82. The Morgan fingerprint density at radius 1 is 1.33 bits per heavy atom. The number of amides is 1. The zero-order chi connectivity index (χ0) is 13.4. The van der Waals surface area contributed by atoms with Crippen LogP contribution in [0.1, 0.15) is 6.42 Å². The van der Waals surface area contributed by atoms with Gasteiger partial charge in [0.2, 0.25) is 17.8 Å². The number of carbonyl (C=O) groups is 1. The van der Waals surface area contributed by atoms with Crippen LogP contribution in [0.3, 0.4) is 0 Å². The average molecular weight is 293 g/mol. The highest BCUT2D eigenvalue weighted by atomic mass is 35.5. The lowest BCUT2D eigenvalue weighted by Crippen LogP contribution is -2.26. The molecule has 0 saturated carbocycles. The Labute approximate surface area is 112 Å². The second-order valence-corrected chi connectivity index (χ2v) is 4.63. The van der Waals surface area contributed by atoms with Crippen molar-refractivity contribution in [2.24, 2.45) is 5.92 Å². The summed E-state index contributed by atoms with van der Waals surface area (Å²) in [5.74, 6) is -2.79. The van der Waals surface area contributed by atoms with Gasteiger partial charge < -0.3 is 4.90 Å². The van der Waals surface area contributed by atoms with E-state index >= 15 is 0 Å². The van der Waals surface area contributed by atoms with E-state index < -0.39 is 21.9 Å². The summed E-state index contributed by atoms with van der Waals surface area (Å²) in [6.45, 7) is 3.82. The van der Waals surface area contributed by atoms with Crippen molar-refractivity contribution >= 4 is 34.8 Å². The number of hydrogen-bond acceptors (Lipinski definition) is 2. The van der Waals surface area contributed by atoms with Crippen LogP contribution in [-0.4, -0.2) is 17.4 Å². The zero-order valence-electron chi connectivity index (χ0n) is 9.09. The SMILES string of the molecule is C=CC1CC(=O)N(c2c(Cl)c(F)nc(F)c2Cl)C1. The van der Waals surface area contributed by atoms with E-state index in [9.17, 15) is 13.6 Å². The summed E-state index contributed by atoms with van der Waals surface area (Å²) in [5, 5.41) is -0.918. The molecule has 2 heterocycles. The van der Waals surface area contributed by atoms with Crippen LogP contribution in [0.5, 0.6) is 0 Å². The minimum absolute atomic E-state index is 0.0936. The van der Waals surface area contributed by atoms with E-state index in [2.05, 4.69) is 11.6 Å². The van der Waals surface area contributed by atoms with Crippen molar-refractivity contribution in [3.8, 4) is 0 Å². The second-order valence-electron chi connectivity index (χ2n) is 3.87. The first-order valence-electron chi connectivity index (χ1n) is 5.08. The van der Waals surface area contributed by atoms with Gasteiger partial charge in [-0.1, -0.05) is 29.3 Å². The van der Waals surface area contributed by atoms with Crippen molar-refractivity contribution < 1.29 is 13.6 Å². The van der Waals surface area contributed by atoms with Crippen LogP contribution >= 0.6 is 23.2 Å². The lowest BCUT2D eigenvalue weighted by Gasteiger charge is -2.19. The summed E-state index contributed by atoms with van der Waals surface area (Å²) in [5.41, 5.74) is -0.169. The Morgan fingerprint density at radius 3 is 2.33 bits per heavy atom. The molecule has 1 aliphatic heterocycles. The minimum atomic E-state index is -1.19. The molecule has 1 atom stereocenters. The van der Waals surface area contributed by atoms with Crippen molar-refractivity contribution in [1.29, 1.82) is 0 Å². The number of anilines is 1. The third-order valence-corrected chi connectivity index (χ3v) is 3.40. The molecule has 1 unspecified atom stereocenters. The van der Waals surface area contributed by atoms with Crippen LogP contribution in [0.15, 0.2) is 12.7 Å². The van der Waals surface area contributed by atoms with Gasteiger partial charge >= 0.3 is 0 Å². The number of pyridine rings is 1. The first-order chi connectivity index (χ1) is 8.45. The highest BCUT2D eigenvalue weighted by molar-refractivity contribution is 6.39. The van der Waals surface area contributed by atoms with Crippen LogP contribution in [0.4, 0.5) is 14.5 Å². The third-order valence-electron chi connectivity index (χ3n) is 2.73. The van der Waals surface area contributed by atoms with Crippen LogP contribution in [0.25, 0.3) is 0 Å². The van der Waals surface area contributed by atoms with E-state index in [1.54, 1.807) is 6.08 Å². The Kier molecular flexibility index (Phi) is 3.54. The normalized spacial score (nSPS) is 19.4. The van der Waals surface area contributed by atoms with Gasteiger partial charge in [-0.15, -0.1) is 6.58 Å². The third kappa shape index (κ3) is 2.08. The molecule has 18 heavy (non-hydrogen) atoms. The summed E-state index contributed by atoms with van der Waals surface area (Å²) < 4.78 is 26.6. The fourth-order valence-corrected chi connectivity index (χ4v) is 2.35. The van der Waals surface area contributed by atoms with Crippen LogP contribution in [-0.2, 0) is 4.79 Å². The van der Waals surface area contributed by atoms with E-state index in [4.69, 9.17) is 23.2 Å². The van der Waals surface area contributed by atoms with Crippen molar-refractivity contribution in [2.75, 3.05) is 11.4 Å². The van der Waals surface area contributed by atoms with E-state index in [1.165, 1.54) is 0 Å². The number of hydrogen-bond donors (Lipinski definition) is 0. The van der Waals surface area contributed by atoms with Gasteiger partial charge in [0.1, 0.15) is 10.0 Å². The predicted molar refractivity (Wildman–Crippen MR) is 64.8 cm³/mol. The second kappa shape index (κ2) is 4.82. The fraction of sp³-hybridized carbons (Fsp3) is 0.273. The molecule has 0 radical (unpaired) electrons. The summed E-state index contributed by atoms with van der Waals surface area (Å²) in [6.07, 6.45) is 1.81. The van der Waals surface area contributed by atoms with Crippen molar-refractivity contribution in [2.45, 2.75) is 6.42 Å². The monoisotopic (exact) mass is 292 g/mol. The molecular formula is C11H8Cl2F2N2O. The Hall–Kier alpha value is -1.20. The maximum absolute atomic E-state index is 13.3. The highest BCUT2D eigenvalue weighted by Crippen LogP contribution is 2.39. The summed E-state index contributed by atoms with van der Waals surface area (Å²) in [6, 6.07) is 0. The van der Waals surface area contributed by atoms with Crippen LogP contribution in [0.2, 0.25) is 10.0 Å². The standard InChI is InChI=1S/C11H8Cl2F2N2O/c1-2-5-3-6(18)17(4-5)9-7(12)10(14)16-11(15)8(9)13/h2,5H,1,3-4H2. The molecule has 0 aliphatic carbocycles. The predicted octanol–water partition coefficient (Wildman–Crippen LogP) is 3.21. The number of rotatable bonds is 2. The molecule has 96 valence electrons. The molecule has 0 spiro atoms. The van der Waals surface area contributed by atoms with E-state index in [-0.39, 0.29) is 30.5 Å². The van der Waals surface area contributed by atoms with Gasteiger partial charge in [0.25, 0.3) is 0 Å². The van der Waals surface area contributed by atoms with Gasteiger partial charge in [0.15, 0.2) is 0 Å². The maximum atomic E-state index is 13.3. The van der Waals surface area contributed by atoms with Gasteiger partial charge in [-0.05, 0) is 0 Å². The van der Waals surface area contributed by atoms with Crippen molar-refractivity contribution in [1.82, 2.24) is 4.98 Å². The molecule has 1 saturated heterocycles. The lowest BCUT2D eigenvalue weighted by molar-refractivity contribution is -0.117. The van der Waals surface area contributed by atoms with E-state index in [1.807, 2.05) is 0 Å². The van der Waals surface area contributed by atoms with Gasteiger partial charge in [0, 0.05) is 18.9 Å². The molecule has 1 aromatic heterocycles. The van der Waals surface area contributed by atoms with Crippen LogP contribution < -0.4 is 4.90 Å². The lowest BCUT2D eigenvalue weighted by atomic mass is 10.1. The van der Waals surface area contributed by atoms with Gasteiger partial charge in [-0.25, -0.2) is 0 Å². The number of halogens is 4. The molecule has 0 aromatic carbocycles. The van der Waals surface area contributed by atoms with Gasteiger partial charge in [-0.3, -0.25) is 4.79 Å². The maximum Gasteiger partial charge on any atom is 0.236 e. The molecule has 3 nitrogen and oxygen atoms in total. The van der Waals surface area contributed by atoms with Gasteiger partial charge in [-0.2, -0.15) is 13.8 Å². The zero-order valence-corrected chi connectivity index (χ0v) is 10.6. The van der Waals surface area contributed by atoms with Crippen molar-refractivity contribution in [3.63, 3.8) is 0 Å². The number of nitrogens with zero attached hydrogens (tertiary/aromatic N) is 2. The smallest absolute Gasteiger partial charge is 0.236 e. The quantitative estimate of drug-likeness (QED) is 0.619. The molecule has 7 heteroatoms. The van der Waals surface area contributed by atoms with Gasteiger partial charge in [0.05, 0.1) is 5.69 Å². The molecular weight excluding hydrogens is 285 g/mol. The largest absolute Gasteiger partial charge is 0.309 e. The Morgan fingerprint density at radius 2 is 1.89 bits per heavy atom. The molecule has 0 N–H and O–H groups in total. The highest BCUT2D eigenvalue weighted by Gasteiger charge is 2.33. The molecule has 1 aliphatic rings. The molecule has 1 amide bonds. The summed E-state index contributed by atoms with van der Waals surface area (Å²) >= 11 is 11.4. The van der Waals surface area contributed by atoms with Crippen LogP contribution in [0, 0.1) is 17.8 Å². The first kappa shape index (κ1) is 13.2. The topological polar surface area (TPSA) is 33.2 Å². The number of carbonyl (C=O) groups excluding carboxylic acids is 1. The minimum Gasteiger partial charge on any atom is -0.309 e. The van der Waals surface area contributed by atoms with E-state index in [0.717, 1.165) is 4.90 Å². The Bertz CT molecular complexity index is 510. The number of aromatic nitrogens is 1. The molecule has 0 bridgehead atoms. The molecule has 2 rings (SSSR count). The summed E-state index contributed by atoms with van der Waals surface area (Å²) in [7, 11) is 0. The molecule has 1 aromatic rings. The summed E-state index contributed by atoms with van der Waals surface area (Å²) in [4.78, 5) is 15.8. The Balaban J connectivity index is 2.52. The first-order valence-corrected chi connectivity index (χ1v) is 5.84. The van der Waals surface area contributed by atoms with Crippen molar-refractivity contribution in [3.05, 3.63) is 34.6 Å².